The van der Waals surface area contributed by atoms with Crippen LogP contribution in [0.5, 0.6) is 0 Å². The van der Waals surface area contributed by atoms with E-state index in [2.05, 4.69) is 10.0 Å². The molecule has 0 atom stereocenters. The van der Waals surface area contributed by atoms with Crippen molar-refractivity contribution < 1.29 is 22.0 Å². The van der Waals surface area contributed by atoms with Crippen molar-refractivity contribution in [2.75, 3.05) is 5.32 Å². The lowest BCUT2D eigenvalue weighted by Crippen LogP contribution is -2.23. The minimum Gasteiger partial charge on any atom is -0.469 e. The Kier molecular flexibility index (Phi) is 4.73. The summed E-state index contributed by atoms with van der Waals surface area (Å²) in [4.78, 5) is 12.2. The number of benzene rings is 1. The molecule has 0 unspecified atom stereocenters. The molecule has 3 aromatic rings. The number of amides is 1. The van der Waals surface area contributed by atoms with E-state index in [0.29, 0.717) is 22.8 Å². The first-order chi connectivity index (χ1) is 12.0. The first kappa shape index (κ1) is 17.0. The molecule has 1 amide bonds. The van der Waals surface area contributed by atoms with Crippen LogP contribution in [-0.2, 0) is 16.6 Å². The predicted octanol–water partition coefficient (Wildman–Crippen LogP) is 2.91. The Hall–Kier alpha value is -2.84. The van der Waals surface area contributed by atoms with Gasteiger partial charge in [-0.2, -0.15) is 0 Å². The molecular formula is C17H16N2O5S. The third-order valence-electron chi connectivity index (χ3n) is 3.52. The van der Waals surface area contributed by atoms with Gasteiger partial charge in [0.1, 0.15) is 11.5 Å². The van der Waals surface area contributed by atoms with Crippen LogP contribution >= 0.6 is 0 Å². The molecule has 0 radical (unpaired) electrons. The Morgan fingerprint density at radius 3 is 2.60 bits per heavy atom. The lowest BCUT2D eigenvalue weighted by atomic mass is 10.2. The van der Waals surface area contributed by atoms with E-state index in [0.717, 1.165) is 0 Å². The van der Waals surface area contributed by atoms with Gasteiger partial charge in [0.05, 0.1) is 29.5 Å². The van der Waals surface area contributed by atoms with E-state index in [1.165, 1.54) is 24.7 Å². The van der Waals surface area contributed by atoms with Crippen molar-refractivity contribution in [3.8, 4) is 0 Å². The number of sulfonamides is 1. The molecule has 2 heterocycles. The SMILES string of the molecule is Cc1occc1C(=O)Nc1cccc(S(=O)(=O)NCc2ccco2)c1. The molecule has 2 aromatic heterocycles. The highest BCUT2D eigenvalue weighted by Gasteiger charge is 2.16. The van der Waals surface area contributed by atoms with Crippen molar-refractivity contribution in [1.82, 2.24) is 4.72 Å². The van der Waals surface area contributed by atoms with Crippen LogP contribution in [0.25, 0.3) is 0 Å². The van der Waals surface area contributed by atoms with Gasteiger partial charge in [-0.25, -0.2) is 13.1 Å². The van der Waals surface area contributed by atoms with Gasteiger partial charge in [0.25, 0.3) is 5.91 Å². The zero-order valence-electron chi connectivity index (χ0n) is 13.4. The summed E-state index contributed by atoms with van der Waals surface area (Å²) in [6.45, 7) is 1.72. The summed E-state index contributed by atoms with van der Waals surface area (Å²) in [5.41, 5.74) is 0.760. The van der Waals surface area contributed by atoms with Gasteiger partial charge in [0.15, 0.2) is 0 Å². The second kappa shape index (κ2) is 6.96. The van der Waals surface area contributed by atoms with E-state index in [1.807, 2.05) is 0 Å². The minimum absolute atomic E-state index is 0.0418. The average Bonchev–Trinajstić information content (AvgIpc) is 3.24. The summed E-state index contributed by atoms with van der Waals surface area (Å²) in [5.74, 6) is 0.620. The fourth-order valence-electron chi connectivity index (χ4n) is 2.22. The van der Waals surface area contributed by atoms with Crippen LogP contribution < -0.4 is 10.0 Å². The molecule has 0 bridgehead atoms. The number of rotatable bonds is 6. The monoisotopic (exact) mass is 360 g/mol. The summed E-state index contributed by atoms with van der Waals surface area (Å²) in [7, 11) is -3.74. The van der Waals surface area contributed by atoms with E-state index in [4.69, 9.17) is 8.83 Å². The van der Waals surface area contributed by atoms with E-state index < -0.39 is 10.0 Å². The second-order valence-electron chi connectivity index (χ2n) is 5.28. The first-order valence-corrected chi connectivity index (χ1v) is 8.91. The Morgan fingerprint density at radius 1 is 1.08 bits per heavy atom. The van der Waals surface area contributed by atoms with Gasteiger partial charge in [0.2, 0.25) is 10.0 Å². The van der Waals surface area contributed by atoms with Gasteiger partial charge in [-0.3, -0.25) is 4.79 Å². The lowest BCUT2D eigenvalue weighted by Gasteiger charge is -2.09. The Bertz CT molecular complexity index is 974. The summed E-state index contributed by atoms with van der Waals surface area (Å²) in [6.07, 6.45) is 2.89. The smallest absolute Gasteiger partial charge is 0.259 e. The Balaban J connectivity index is 1.74. The van der Waals surface area contributed by atoms with Gasteiger partial charge in [-0.15, -0.1) is 0 Å². The summed E-state index contributed by atoms with van der Waals surface area (Å²) in [5, 5.41) is 2.66. The molecular weight excluding hydrogens is 344 g/mol. The van der Waals surface area contributed by atoms with E-state index in [1.54, 1.807) is 37.3 Å². The molecule has 0 saturated heterocycles. The number of carbonyl (C=O) groups excluding carboxylic acids is 1. The zero-order valence-corrected chi connectivity index (χ0v) is 14.2. The van der Waals surface area contributed by atoms with E-state index in [9.17, 15) is 13.2 Å². The van der Waals surface area contributed by atoms with Crippen LogP contribution in [0.2, 0.25) is 0 Å². The number of aryl methyl sites for hydroxylation is 1. The van der Waals surface area contributed by atoms with Crippen LogP contribution in [0.15, 0.2) is 68.7 Å². The number of hydrogen-bond acceptors (Lipinski definition) is 5. The Morgan fingerprint density at radius 2 is 1.92 bits per heavy atom. The highest BCUT2D eigenvalue weighted by molar-refractivity contribution is 7.89. The van der Waals surface area contributed by atoms with E-state index in [-0.39, 0.29) is 17.3 Å². The average molecular weight is 360 g/mol. The molecule has 7 nitrogen and oxygen atoms in total. The summed E-state index contributed by atoms with van der Waals surface area (Å²) < 4.78 is 37.4. The maximum absolute atomic E-state index is 12.4. The highest BCUT2D eigenvalue weighted by Crippen LogP contribution is 2.18. The van der Waals surface area contributed by atoms with Crippen molar-refractivity contribution in [2.24, 2.45) is 0 Å². The van der Waals surface area contributed by atoms with Gasteiger partial charge in [-0.1, -0.05) is 6.07 Å². The standard InChI is InChI=1S/C17H16N2O5S/c1-12-16(7-9-23-12)17(20)19-13-4-2-6-15(10-13)25(21,22)18-11-14-5-3-8-24-14/h2-10,18H,11H2,1H3,(H,19,20). The molecule has 0 aliphatic carbocycles. The van der Waals surface area contributed by atoms with E-state index >= 15 is 0 Å². The lowest BCUT2D eigenvalue weighted by molar-refractivity contribution is 0.102. The number of nitrogens with one attached hydrogen (secondary N) is 2. The summed E-state index contributed by atoms with van der Waals surface area (Å²) >= 11 is 0. The van der Waals surface area contributed by atoms with Crippen LogP contribution in [0, 0.1) is 6.92 Å². The van der Waals surface area contributed by atoms with Gasteiger partial charge in [-0.05, 0) is 43.3 Å². The minimum atomic E-state index is -3.74. The maximum Gasteiger partial charge on any atom is 0.259 e. The van der Waals surface area contributed by atoms with Crippen LogP contribution in [-0.4, -0.2) is 14.3 Å². The van der Waals surface area contributed by atoms with Crippen molar-refractivity contribution in [3.05, 3.63) is 72.1 Å². The van der Waals surface area contributed by atoms with Crippen molar-refractivity contribution in [3.63, 3.8) is 0 Å². The largest absolute Gasteiger partial charge is 0.469 e. The quantitative estimate of drug-likeness (QED) is 0.704. The third kappa shape index (κ3) is 3.98. The fourth-order valence-corrected chi connectivity index (χ4v) is 3.26. The second-order valence-corrected chi connectivity index (χ2v) is 7.04. The topological polar surface area (TPSA) is 102 Å². The molecule has 8 heteroatoms. The van der Waals surface area contributed by atoms with Gasteiger partial charge < -0.3 is 14.2 Å². The molecule has 0 spiro atoms. The summed E-state index contributed by atoms with van der Waals surface area (Å²) in [6, 6.07) is 10.9. The Labute approximate surface area is 144 Å². The molecule has 1 aromatic carbocycles. The number of hydrogen-bond donors (Lipinski definition) is 2. The normalized spacial score (nSPS) is 11.4. The number of carbonyl (C=O) groups is 1. The fraction of sp³-hybridized carbons (Fsp3) is 0.118. The molecule has 3 rings (SSSR count). The number of anilines is 1. The molecule has 0 saturated carbocycles. The highest BCUT2D eigenvalue weighted by atomic mass is 32.2. The van der Waals surface area contributed by atoms with Crippen molar-refractivity contribution in [1.29, 1.82) is 0 Å². The number of furan rings is 2. The van der Waals surface area contributed by atoms with Crippen LogP contribution in [0.1, 0.15) is 21.9 Å². The molecule has 130 valence electrons. The molecule has 0 aliphatic rings. The molecule has 2 N–H and O–H groups in total. The van der Waals surface area contributed by atoms with Crippen LogP contribution in [0.4, 0.5) is 5.69 Å². The molecule has 0 aliphatic heterocycles. The van der Waals surface area contributed by atoms with Gasteiger partial charge in [0, 0.05) is 5.69 Å². The molecule has 25 heavy (non-hydrogen) atoms. The van der Waals surface area contributed by atoms with Gasteiger partial charge >= 0.3 is 0 Å². The zero-order chi connectivity index (χ0) is 17.9. The van der Waals surface area contributed by atoms with Crippen LogP contribution in [0.3, 0.4) is 0 Å². The van der Waals surface area contributed by atoms with Crippen molar-refractivity contribution in [2.45, 2.75) is 18.4 Å². The third-order valence-corrected chi connectivity index (χ3v) is 4.92. The predicted molar refractivity (Wildman–Crippen MR) is 90.6 cm³/mol. The maximum atomic E-state index is 12.4. The van der Waals surface area contributed by atoms with Crippen molar-refractivity contribution >= 4 is 21.6 Å². The molecule has 0 fully saturated rings. The first-order valence-electron chi connectivity index (χ1n) is 7.43.